The molecule has 0 aliphatic heterocycles. The Hall–Kier alpha value is -1.33. The van der Waals surface area contributed by atoms with Gasteiger partial charge >= 0.3 is 5.97 Å². The molecule has 0 radical (unpaired) electrons. The maximum atomic E-state index is 11.4. The Morgan fingerprint density at radius 1 is 1.59 bits per heavy atom. The van der Waals surface area contributed by atoms with Crippen LogP contribution in [0.1, 0.15) is 18.2 Å². The lowest BCUT2D eigenvalue weighted by Crippen LogP contribution is -2.39. The summed E-state index contributed by atoms with van der Waals surface area (Å²) >= 11 is 7.07. The summed E-state index contributed by atoms with van der Waals surface area (Å²) in [7, 11) is 0. The summed E-state index contributed by atoms with van der Waals surface area (Å²) in [4.78, 5) is 22.9. The molecular weight excluding hydrogens is 262 g/mol. The molecule has 0 aliphatic carbocycles. The molecule has 0 bridgehead atoms. The van der Waals surface area contributed by atoms with Crippen LogP contribution in [-0.4, -0.2) is 23.0 Å². The highest BCUT2D eigenvalue weighted by atomic mass is 35.5. The van der Waals surface area contributed by atoms with Crippen molar-refractivity contribution < 1.29 is 14.7 Å². The molecule has 0 unspecified atom stereocenters. The molecule has 0 saturated carbocycles. The third-order valence-electron chi connectivity index (χ3n) is 2.02. The summed E-state index contributed by atoms with van der Waals surface area (Å²) in [6, 6.07) is 2.67. The number of carbonyl (C=O) groups is 2. The van der Waals surface area contributed by atoms with Gasteiger partial charge < -0.3 is 10.4 Å². The normalized spacial score (nSPS) is 12.6. The summed E-state index contributed by atoms with van der Waals surface area (Å²) in [6.07, 6.45) is 3.24. The van der Waals surface area contributed by atoms with Crippen LogP contribution in [0.15, 0.2) is 18.2 Å². The van der Waals surface area contributed by atoms with Gasteiger partial charge in [0.05, 0.1) is 4.34 Å². The van der Waals surface area contributed by atoms with E-state index in [0.717, 1.165) is 4.88 Å². The second-order valence-corrected chi connectivity index (χ2v) is 5.03. The molecule has 4 nitrogen and oxygen atoms in total. The largest absolute Gasteiger partial charge is 0.480 e. The Kier molecular flexibility index (Phi) is 5.18. The summed E-state index contributed by atoms with van der Waals surface area (Å²) < 4.78 is 0.641. The molecule has 1 rings (SSSR count). The Morgan fingerprint density at radius 2 is 2.29 bits per heavy atom. The topological polar surface area (TPSA) is 66.4 Å². The van der Waals surface area contributed by atoms with Crippen molar-refractivity contribution in [2.75, 3.05) is 0 Å². The second kappa shape index (κ2) is 6.42. The lowest BCUT2D eigenvalue weighted by Gasteiger charge is -2.09. The van der Waals surface area contributed by atoms with Gasteiger partial charge in [-0.3, -0.25) is 4.79 Å². The highest BCUT2D eigenvalue weighted by Crippen LogP contribution is 2.22. The van der Waals surface area contributed by atoms with E-state index in [0.29, 0.717) is 10.8 Å². The molecular formula is C11H12ClNO3S. The van der Waals surface area contributed by atoms with E-state index in [-0.39, 0.29) is 0 Å². The molecule has 1 aromatic rings. The molecule has 0 fully saturated rings. The molecule has 0 spiro atoms. The van der Waals surface area contributed by atoms with E-state index in [2.05, 4.69) is 5.32 Å². The van der Waals surface area contributed by atoms with E-state index in [1.807, 2.05) is 0 Å². The van der Waals surface area contributed by atoms with E-state index >= 15 is 0 Å². The number of carboxylic acid groups (broad SMARTS) is 1. The van der Waals surface area contributed by atoms with Crippen LogP contribution in [-0.2, 0) is 9.59 Å². The third kappa shape index (κ3) is 4.58. The average Bonchev–Trinajstić information content (AvgIpc) is 2.68. The summed E-state index contributed by atoms with van der Waals surface area (Å²) in [5.41, 5.74) is 0. The summed E-state index contributed by atoms with van der Waals surface area (Å²) in [5.74, 6) is -1.46. The Bertz CT molecular complexity index is 442. The fourth-order valence-corrected chi connectivity index (χ4v) is 2.10. The molecule has 6 heteroatoms. The molecule has 1 heterocycles. The van der Waals surface area contributed by atoms with Gasteiger partial charge in [0, 0.05) is 11.0 Å². The van der Waals surface area contributed by atoms with E-state index in [4.69, 9.17) is 16.7 Å². The van der Waals surface area contributed by atoms with E-state index in [1.54, 1.807) is 25.1 Å². The van der Waals surface area contributed by atoms with Crippen molar-refractivity contribution in [3.8, 4) is 0 Å². The van der Waals surface area contributed by atoms with Gasteiger partial charge in [-0.1, -0.05) is 18.5 Å². The number of halogens is 1. The summed E-state index contributed by atoms with van der Waals surface area (Å²) in [5, 5.41) is 11.1. The van der Waals surface area contributed by atoms with Crippen LogP contribution in [0.25, 0.3) is 6.08 Å². The molecule has 0 saturated heterocycles. The number of carbonyl (C=O) groups excluding carboxylic acids is 1. The zero-order chi connectivity index (χ0) is 12.8. The molecule has 0 aromatic carbocycles. The second-order valence-electron chi connectivity index (χ2n) is 3.28. The standard InChI is InChI=1S/C11H12ClNO3S/c1-2-8(11(15)16)13-10(14)6-4-7-3-5-9(12)17-7/h3-6,8H,2H2,1H3,(H,13,14)(H,15,16)/t8-/m1/s1. The molecule has 1 amide bonds. The SMILES string of the molecule is CC[C@@H](NC(=O)C=Cc1ccc(Cl)s1)C(=O)O. The Balaban J connectivity index is 2.54. The maximum absolute atomic E-state index is 11.4. The Morgan fingerprint density at radius 3 is 2.76 bits per heavy atom. The van der Waals surface area contributed by atoms with Gasteiger partial charge in [0.2, 0.25) is 5.91 Å². The number of hydrogen-bond donors (Lipinski definition) is 2. The molecule has 1 aromatic heterocycles. The van der Waals surface area contributed by atoms with Crippen molar-refractivity contribution in [1.82, 2.24) is 5.32 Å². The highest BCUT2D eigenvalue weighted by molar-refractivity contribution is 7.17. The fourth-order valence-electron chi connectivity index (χ4n) is 1.13. The minimum atomic E-state index is -1.03. The fraction of sp³-hybridized carbons (Fsp3) is 0.273. The van der Waals surface area contributed by atoms with Crippen molar-refractivity contribution >= 4 is 40.9 Å². The van der Waals surface area contributed by atoms with Crippen LogP contribution < -0.4 is 5.32 Å². The smallest absolute Gasteiger partial charge is 0.326 e. The average molecular weight is 274 g/mol. The Labute approximate surface area is 108 Å². The lowest BCUT2D eigenvalue weighted by molar-refractivity contribution is -0.141. The quantitative estimate of drug-likeness (QED) is 0.810. The van der Waals surface area contributed by atoms with Crippen molar-refractivity contribution in [2.45, 2.75) is 19.4 Å². The monoisotopic (exact) mass is 273 g/mol. The minimum Gasteiger partial charge on any atom is -0.480 e. The number of aliphatic carboxylic acids is 1. The first-order valence-electron chi connectivity index (χ1n) is 4.99. The highest BCUT2D eigenvalue weighted by Gasteiger charge is 2.15. The first-order chi connectivity index (χ1) is 8.02. The number of rotatable bonds is 5. The lowest BCUT2D eigenvalue weighted by atomic mass is 10.2. The third-order valence-corrected chi connectivity index (χ3v) is 3.21. The van der Waals surface area contributed by atoms with Gasteiger partial charge in [0.1, 0.15) is 6.04 Å². The van der Waals surface area contributed by atoms with Crippen LogP contribution in [0, 0.1) is 0 Å². The number of thiophene rings is 1. The first-order valence-corrected chi connectivity index (χ1v) is 6.19. The van der Waals surface area contributed by atoms with Gasteiger partial charge in [-0.15, -0.1) is 11.3 Å². The zero-order valence-electron chi connectivity index (χ0n) is 9.14. The molecule has 92 valence electrons. The van der Waals surface area contributed by atoms with E-state index < -0.39 is 17.9 Å². The molecule has 0 aliphatic rings. The number of carboxylic acids is 1. The van der Waals surface area contributed by atoms with Gasteiger partial charge in [-0.05, 0) is 24.6 Å². The predicted octanol–water partition coefficient (Wildman–Crippen LogP) is 2.39. The first kappa shape index (κ1) is 13.7. The van der Waals surface area contributed by atoms with Crippen molar-refractivity contribution in [2.24, 2.45) is 0 Å². The number of nitrogens with one attached hydrogen (secondary N) is 1. The van der Waals surface area contributed by atoms with Gasteiger partial charge in [-0.2, -0.15) is 0 Å². The minimum absolute atomic E-state index is 0.347. The number of amides is 1. The van der Waals surface area contributed by atoms with Gasteiger partial charge in [0.25, 0.3) is 0 Å². The van der Waals surface area contributed by atoms with Crippen LogP contribution in [0.5, 0.6) is 0 Å². The maximum Gasteiger partial charge on any atom is 0.326 e. The van der Waals surface area contributed by atoms with Crippen LogP contribution in [0.2, 0.25) is 4.34 Å². The molecule has 1 atom stereocenters. The zero-order valence-corrected chi connectivity index (χ0v) is 10.7. The number of hydrogen-bond acceptors (Lipinski definition) is 3. The summed E-state index contributed by atoms with van der Waals surface area (Å²) in [6.45, 7) is 1.70. The van der Waals surface area contributed by atoms with Crippen molar-refractivity contribution in [3.63, 3.8) is 0 Å². The van der Waals surface area contributed by atoms with Crippen molar-refractivity contribution in [3.05, 3.63) is 27.4 Å². The van der Waals surface area contributed by atoms with Crippen LogP contribution in [0.3, 0.4) is 0 Å². The van der Waals surface area contributed by atoms with Crippen LogP contribution in [0.4, 0.5) is 0 Å². The van der Waals surface area contributed by atoms with Crippen molar-refractivity contribution in [1.29, 1.82) is 0 Å². The molecule has 17 heavy (non-hydrogen) atoms. The molecule has 2 N–H and O–H groups in total. The van der Waals surface area contributed by atoms with Gasteiger partial charge in [0.15, 0.2) is 0 Å². The van der Waals surface area contributed by atoms with Crippen LogP contribution >= 0.6 is 22.9 Å². The van der Waals surface area contributed by atoms with E-state index in [1.165, 1.54) is 17.4 Å². The predicted molar refractivity (Wildman–Crippen MR) is 68.2 cm³/mol. The van der Waals surface area contributed by atoms with Gasteiger partial charge in [-0.25, -0.2) is 4.79 Å². The van der Waals surface area contributed by atoms with E-state index in [9.17, 15) is 9.59 Å².